The van der Waals surface area contributed by atoms with Crippen molar-refractivity contribution in [3.8, 4) is 0 Å². The summed E-state index contributed by atoms with van der Waals surface area (Å²) in [5.41, 5.74) is 5.48. The summed E-state index contributed by atoms with van der Waals surface area (Å²) in [4.78, 5) is 0. The molecular weight excluding hydrogens is 263 g/mol. The predicted molar refractivity (Wildman–Crippen MR) is 72.9 cm³/mol. The molecule has 0 fully saturated rings. The van der Waals surface area contributed by atoms with E-state index in [0.29, 0.717) is 16.7 Å². The largest absolute Gasteiger partial charge is 0.318 e. The van der Waals surface area contributed by atoms with E-state index in [1.165, 1.54) is 32.0 Å². The Morgan fingerprint density at radius 2 is 1.50 bits per heavy atom. The molecule has 2 aromatic carbocycles. The molecule has 1 nitrogen and oxygen atoms in total. The van der Waals surface area contributed by atoms with Gasteiger partial charge in [0.05, 0.1) is 5.54 Å². The number of halogens is 3. The lowest BCUT2D eigenvalue weighted by atomic mass is 9.83. The van der Waals surface area contributed by atoms with Crippen LogP contribution < -0.4 is 5.73 Å². The van der Waals surface area contributed by atoms with Crippen molar-refractivity contribution in [2.45, 2.75) is 26.3 Å². The Hall–Kier alpha value is -1.81. The number of rotatable bonds is 2. The van der Waals surface area contributed by atoms with Crippen molar-refractivity contribution in [3.63, 3.8) is 0 Å². The van der Waals surface area contributed by atoms with Crippen LogP contribution in [0.5, 0.6) is 0 Å². The van der Waals surface area contributed by atoms with Gasteiger partial charge in [0, 0.05) is 5.56 Å². The molecule has 0 saturated heterocycles. The highest BCUT2D eigenvalue weighted by atomic mass is 19.1. The van der Waals surface area contributed by atoms with Gasteiger partial charge >= 0.3 is 0 Å². The van der Waals surface area contributed by atoms with Gasteiger partial charge in [0.2, 0.25) is 0 Å². The molecule has 2 aromatic rings. The molecule has 0 spiro atoms. The molecule has 0 aliphatic rings. The van der Waals surface area contributed by atoms with Crippen LogP contribution in [-0.2, 0) is 5.54 Å². The van der Waals surface area contributed by atoms with E-state index >= 15 is 0 Å². The van der Waals surface area contributed by atoms with Crippen LogP contribution in [0.15, 0.2) is 30.3 Å². The summed E-state index contributed by atoms with van der Waals surface area (Å²) < 4.78 is 41.9. The van der Waals surface area contributed by atoms with Gasteiger partial charge in [-0.2, -0.15) is 0 Å². The van der Waals surface area contributed by atoms with Crippen LogP contribution >= 0.6 is 0 Å². The van der Waals surface area contributed by atoms with E-state index in [-0.39, 0.29) is 5.56 Å². The zero-order valence-electron chi connectivity index (χ0n) is 11.6. The Labute approximate surface area is 116 Å². The molecule has 1 atom stereocenters. The van der Waals surface area contributed by atoms with Crippen LogP contribution in [0.1, 0.15) is 29.2 Å². The average molecular weight is 279 g/mol. The number of benzene rings is 2. The molecule has 2 rings (SSSR count). The Morgan fingerprint density at radius 1 is 0.900 bits per heavy atom. The third-order valence-electron chi connectivity index (χ3n) is 3.58. The summed E-state index contributed by atoms with van der Waals surface area (Å²) in [5, 5.41) is 0. The van der Waals surface area contributed by atoms with Gasteiger partial charge in [-0.3, -0.25) is 0 Å². The topological polar surface area (TPSA) is 26.0 Å². The van der Waals surface area contributed by atoms with Crippen LogP contribution in [-0.4, -0.2) is 0 Å². The number of hydrogen-bond donors (Lipinski definition) is 1. The maximum atomic E-state index is 14.2. The summed E-state index contributed by atoms with van der Waals surface area (Å²) in [6.07, 6.45) is 0. The minimum absolute atomic E-state index is 0.249. The standard InChI is InChI=1S/C16H16F3N/c1-9-4-6-11(8-13(9)18)16(3,20)14-12(17)7-5-10(2)15(14)19/h4-8H,20H2,1-3H3. The van der Waals surface area contributed by atoms with Gasteiger partial charge in [-0.05, 0) is 49.6 Å². The predicted octanol–water partition coefficient (Wildman–Crippen LogP) is 3.94. The van der Waals surface area contributed by atoms with Crippen molar-refractivity contribution >= 4 is 0 Å². The van der Waals surface area contributed by atoms with Crippen LogP contribution in [0.25, 0.3) is 0 Å². The van der Waals surface area contributed by atoms with Crippen molar-refractivity contribution < 1.29 is 13.2 Å². The smallest absolute Gasteiger partial charge is 0.134 e. The van der Waals surface area contributed by atoms with Gasteiger partial charge < -0.3 is 5.73 Å². The summed E-state index contributed by atoms with van der Waals surface area (Å²) >= 11 is 0. The van der Waals surface area contributed by atoms with E-state index in [1.54, 1.807) is 19.1 Å². The summed E-state index contributed by atoms with van der Waals surface area (Å²) in [6, 6.07) is 6.86. The highest BCUT2D eigenvalue weighted by Gasteiger charge is 2.31. The number of nitrogens with two attached hydrogens (primary N) is 1. The first kappa shape index (κ1) is 14.6. The van der Waals surface area contributed by atoms with Crippen LogP contribution in [0.3, 0.4) is 0 Å². The summed E-state index contributed by atoms with van der Waals surface area (Å²) in [5.74, 6) is -1.89. The monoisotopic (exact) mass is 279 g/mol. The van der Waals surface area contributed by atoms with E-state index in [4.69, 9.17) is 5.73 Å². The molecule has 0 aliphatic heterocycles. The molecular formula is C16H16F3N. The molecule has 0 amide bonds. The van der Waals surface area contributed by atoms with Crippen molar-refractivity contribution in [1.82, 2.24) is 0 Å². The van der Waals surface area contributed by atoms with Gasteiger partial charge in [-0.1, -0.05) is 18.2 Å². The third kappa shape index (κ3) is 2.31. The molecule has 1 unspecified atom stereocenters. The van der Waals surface area contributed by atoms with Crippen molar-refractivity contribution in [2.24, 2.45) is 5.73 Å². The van der Waals surface area contributed by atoms with Gasteiger partial charge in [-0.25, -0.2) is 13.2 Å². The SMILES string of the molecule is Cc1ccc(C(C)(N)c2c(F)ccc(C)c2F)cc1F. The second-order valence-corrected chi connectivity index (χ2v) is 5.22. The fourth-order valence-electron chi connectivity index (χ4n) is 2.19. The quantitative estimate of drug-likeness (QED) is 0.885. The molecule has 20 heavy (non-hydrogen) atoms. The first-order valence-electron chi connectivity index (χ1n) is 6.25. The maximum Gasteiger partial charge on any atom is 0.134 e. The van der Waals surface area contributed by atoms with Crippen molar-refractivity contribution in [1.29, 1.82) is 0 Å². The minimum atomic E-state index is -1.45. The third-order valence-corrected chi connectivity index (χ3v) is 3.58. The van der Waals surface area contributed by atoms with Gasteiger partial charge in [-0.15, -0.1) is 0 Å². The Bertz CT molecular complexity index is 663. The van der Waals surface area contributed by atoms with Crippen LogP contribution in [0.4, 0.5) is 13.2 Å². The zero-order chi connectivity index (χ0) is 15.1. The van der Waals surface area contributed by atoms with Gasteiger partial charge in [0.15, 0.2) is 0 Å². The molecule has 0 saturated carbocycles. The average Bonchev–Trinajstić information content (AvgIpc) is 2.37. The maximum absolute atomic E-state index is 14.2. The molecule has 0 aromatic heterocycles. The lowest BCUT2D eigenvalue weighted by molar-refractivity contribution is 0.476. The highest BCUT2D eigenvalue weighted by molar-refractivity contribution is 5.41. The van der Waals surface area contributed by atoms with E-state index in [0.717, 1.165) is 0 Å². The molecule has 0 radical (unpaired) electrons. The normalized spacial score (nSPS) is 14.2. The van der Waals surface area contributed by atoms with Gasteiger partial charge in [0.1, 0.15) is 17.5 Å². The summed E-state index contributed by atoms with van der Waals surface area (Å²) in [7, 11) is 0. The highest BCUT2D eigenvalue weighted by Crippen LogP contribution is 2.32. The Kier molecular flexibility index (Phi) is 3.61. The first-order chi connectivity index (χ1) is 9.25. The van der Waals surface area contributed by atoms with E-state index in [2.05, 4.69) is 0 Å². The van der Waals surface area contributed by atoms with E-state index in [1.807, 2.05) is 0 Å². The molecule has 106 valence electrons. The lowest BCUT2D eigenvalue weighted by Gasteiger charge is -2.27. The van der Waals surface area contributed by atoms with Crippen molar-refractivity contribution in [2.75, 3.05) is 0 Å². The van der Waals surface area contributed by atoms with Gasteiger partial charge in [0.25, 0.3) is 0 Å². The first-order valence-corrected chi connectivity index (χ1v) is 6.25. The number of aryl methyl sites for hydroxylation is 2. The second-order valence-electron chi connectivity index (χ2n) is 5.22. The zero-order valence-corrected chi connectivity index (χ0v) is 11.6. The van der Waals surface area contributed by atoms with Crippen LogP contribution in [0.2, 0.25) is 0 Å². The minimum Gasteiger partial charge on any atom is -0.318 e. The fourth-order valence-corrected chi connectivity index (χ4v) is 2.19. The summed E-state index contributed by atoms with van der Waals surface area (Å²) in [6.45, 7) is 4.61. The lowest BCUT2D eigenvalue weighted by Crippen LogP contribution is -2.36. The molecule has 2 N–H and O–H groups in total. The van der Waals surface area contributed by atoms with Crippen molar-refractivity contribution in [3.05, 3.63) is 70.0 Å². The molecule has 0 heterocycles. The fraction of sp³-hybridized carbons (Fsp3) is 0.250. The van der Waals surface area contributed by atoms with E-state index < -0.39 is 23.0 Å². The number of hydrogen-bond acceptors (Lipinski definition) is 1. The Balaban J connectivity index is 2.66. The molecule has 4 heteroatoms. The van der Waals surface area contributed by atoms with Crippen LogP contribution in [0, 0.1) is 31.3 Å². The molecule has 0 aliphatic carbocycles. The molecule has 0 bridgehead atoms. The van der Waals surface area contributed by atoms with E-state index in [9.17, 15) is 13.2 Å². The Morgan fingerprint density at radius 3 is 2.10 bits per heavy atom. The second kappa shape index (κ2) is 4.94.